The number of nitrogens with zero attached hydrogens (tertiary/aromatic N) is 2. The molecule has 1 amide bonds. The number of hydrogen-bond donors (Lipinski definition) is 1. The van der Waals surface area contributed by atoms with Crippen LogP contribution in [0.5, 0.6) is 0 Å². The van der Waals surface area contributed by atoms with Gasteiger partial charge in [0, 0.05) is 30.4 Å². The molecule has 2 N–H and O–H groups in total. The van der Waals surface area contributed by atoms with E-state index in [4.69, 9.17) is 5.73 Å². The summed E-state index contributed by atoms with van der Waals surface area (Å²) >= 11 is 1.63. The minimum atomic E-state index is 0.00740. The van der Waals surface area contributed by atoms with Gasteiger partial charge in [-0.05, 0) is 12.0 Å². The maximum absolute atomic E-state index is 12.5. The first kappa shape index (κ1) is 15.2. The van der Waals surface area contributed by atoms with Crippen molar-refractivity contribution in [1.82, 2.24) is 9.88 Å². The first-order valence-corrected chi connectivity index (χ1v) is 8.57. The molecule has 0 spiro atoms. The van der Waals surface area contributed by atoms with Crippen molar-refractivity contribution in [2.24, 2.45) is 5.73 Å². The molecule has 3 rings (SSSR count). The van der Waals surface area contributed by atoms with Gasteiger partial charge in [-0.3, -0.25) is 4.79 Å². The van der Waals surface area contributed by atoms with Crippen LogP contribution in [0.3, 0.4) is 0 Å². The van der Waals surface area contributed by atoms with Gasteiger partial charge in [-0.2, -0.15) is 0 Å². The Hall–Kier alpha value is -1.72. The molecule has 0 bridgehead atoms. The van der Waals surface area contributed by atoms with Crippen LogP contribution < -0.4 is 5.73 Å². The van der Waals surface area contributed by atoms with Crippen molar-refractivity contribution in [1.29, 1.82) is 0 Å². The highest BCUT2D eigenvalue weighted by Crippen LogP contribution is 2.26. The zero-order valence-electron chi connectivity index (χ0n) is 12.7. The first-order valence-electron chi connectivity index (χ1n) is 7.69. The van der Waals surface area contributed by atoms with E-state index >= 15 is 0 Å². The second-order valence-electron chi connectivity index (χ2n) is 5.74. The molecule has 1 saturated heterocycles. The topological polar surface area (TPSA) is 59.2 Å². The number of hydrogen-bond acceptors (Lipinski definition) is 4. The van der Waals surface area contributed by atoms with Gasteiger partial charge in [0.15, 0.2) is 0 Å². The molecule has 0 aliphatic carbocycles. The highest BCUT2D eigenvalue weighted by atomic mass is 32.1. The summed E-state index contributed by atoms with van der Waals surface area (Å²) in [5, 5.41) is 3.07. The zero-order valence-corrected chi connectivity index (χ0v) is 13.6. The van der Waals surface area contributed by atoms with Crippen molar-refractivity contribution < 1.29 is 4.79 Å². The van der Waals surface area contributed by atoms with Gasteiger partial charge in [0.25, 0.3) is 0 Å². The monoisotopic (exact) mass is 315 g/mol. The fourth-order valence-electron chi connectivity index (χ4n) is 2.94. The van der Waals surface area contributed by atoms with Crippen molar-refractivity contribution in [3.8, 4) is 0 Å². The molecule has 2 heterocycles. The summed E-state index contributed by atoms with van der Waals surface area (Å²) in [6, 6.07) is 10.2. The van der Waals surface area contributed by atoms with Crippen molar-refractivity contribution in [3.63, 3.8) is 0 Å². The lowest BCUT2D eigenvalue weighted by molar-refractivity contribution is -0.129. The number of nitrogens with two attached hydrogens (primary N) is 1. The van der Waals surface area contributed by atoms with E-state index in [-0.39, 0.29) is 17.9 Å². The SMILES string of the molecule is CCc1nc(CC(=O)N2C[C@@H](N)[C@H](c3ccccc3)C2)cs1. The van der Waals surface area contributed by atoms with Crippen molar-refractivity contribution in [2.75, 3.05) is 13.1 Å². The van der Waals surface area contributed by atoms with E-state index in [9.17, 15) is 4.79 Å². The van der Waals surface area contributed by atoms with Gasteiger partial charge in [-0.15, -0.1) is 11.3 Å². The van der Waals surface area contributed by atoms with Crippen molar-refractivity contribution >= 4 is 17.2 Å². The Morgan fingerprint density at radius 1 is 1.36 bits per heavy atom. The summed E-state index contributed by atoms with van der Waals surface area (Å²) in [6.45, 7) is 3.41. The summed E-state index contributed by atoms with van der Waals surface area (Å²) in [6.07, 6.45) is 1.30. The van der Waals surface area contributed by atoms with Gasteiger partial charge in [0.2, 0.25) is 5.91 Å². The van der Waals surface area contributed by atoms with Crippen molar-refractivity contribution in [2.45, 2.75) is 31.7 Å². The molecule has 0 unspecified atom stereocenters. The third kappa shape index (κ3) is 3.20. The smallest absolute Gasteiger partial charge is 0.228 e. The number of benzene rings is 1. The van der Waals surface area contributed by atoms with E-state index in [1.165, 1.54) is 5.56 Å². The zero-order chi connectivity index (χ0) is 15.5. The van der Waals surface area contributed by atoms with E-state index < -0.39 is 0 Å². The molecule has 116 valence electrons. The number of rotatable bonds is 4. The van der Waals surface area contributed by atoms with Gasteiger partial charge in [0.1, 0.15) is 0 Å². The maximum atomic E-state index is 12.5. The second-order valence-corrected chi connectivity index (χ2v) is 6.69. The normalized spacial score (nSPS) is 21.3. The molecule has 4 nitrogen and oxygen atoms in total. The van der Waals surface area contributed by atoms with Crippen LogP contribution in [0.1, 0.15) is 29.1 Å². The molecule has 22 heavy (non-hydrogen) atoms. The Morgan fingerprint density at radius 2 is 2.14 bits per heavy atom. The van der Waals surface area contributed by atoms with E-state index in [1.54, 1.807) is 11.3 Å². The van der Waals surface area contributed by atoms with Gasteiger partial charge in [0.05, 0.1) is 17.1 Å². The molecule has 0 saturated carbocycles. The Balaban J connectivity index is 1.65. The summed E-state index contributed by atoms with van der Waals surface area (Å²) in [4.78, 5) is 18.8. The summed E-state index contributed by atoms with van der Waals surface area (Å²) in [7, 11) is 0. The molecule has 1 aromatic heterocycles. The summed E-state index contributed by atoms with van der Waals surface area (Å²) < 4.78 is 0. The maximum Gasteiger partial charge on any atom is 0.228 e. The number of aromatic nitrogens is 1. The van der Waals surface area contributed by atoms with Crippen molar-refractivity contribution in [3.05, 3.63) is 52.0 Å². The Bertz CT molecular complexity index is 640. The molecule has 1 aromatic carbocycles. The van der Waals surface area contributed by atoms with Crippen LogP contribution in [-0.4, -0.2) is 34.9 Å². The number of thiazole rings is 1. The highest BCUT2D eigenvalue weighted by molar-refractivity contribution is 7.09. The standard InChI is InChI=1S/C17H21N3OS/c1-2-16-19-13(11-22-16)8-17(21)20-9-14(15(18)10-20)12-6-4-3-5-7-12/h3-7,11,14-15H,2,8-10,18H2,1H3/t14-,15+/m0/s1. The number of likely N-dealkylation sites (tertiary alicyclic amines) is 1. The van der Waals surface area contributed by atoms with Gasteiger partial charge >= 0.3 is 0 Å². The van der Waals surface area contributed by atoms with Gasteiger partial charge in [-0.25, -0.2) is 4.98 Å². The fraction of sp³-hybridized carbons (Fsp3) is 0.412. The molecule has 1 fully saturated rings. The third-order valence-electron chi connectivity index (χ3n) is 4.18. The second kappa shape index (κ2) is 6.58. The predicted molar refractivity (Wildman–Crippen MR) is 88.9 cm³/mol. The molecular formula is C17H21N3OS. The molecule has 1 aliphatic rings. The van der Waals surface area contributed by atoms with Gasteiger partial charge in [-0.1, -0.05) is 37.3 Å². The molecule has 2 atom stereocenters. The Kier molecular flexibility index (Phi) is 4.55. The quantitative estimate of drug-likeness (QED) is 0.941. The minimum Gasteiger partial charge on any atom is -0.340 e. The number of aryl methyl sites for hydroxylation is 1. The van der Waals surface area contributed by atoms with E-state index in [0.29, 0.717) is 19.5 Å². The average Bonchev–Trinajstić information content (AvgIpc) is 3.14. The largest absolute Gasteiger partial charge is 0.340 e. The van der Waals surface area contributed by atoms with Crippen LogP contribution in [0.15, 0.2) is 35.7 Å². The van der Waals surface area contributed by atoms with E-state index in [0.717, 1.165) is 17.1 Å². The van der Waals surface area contributed by atoms with Crippen LogP contribution in [0.25, 0.3) is 0 Å². The Morgan fingerprint density at radius 3 is 2.82 bits per heavy atom. The minimum absolute atomic E-state index is 0.00740. The molecular weight excluding hydrogens is 294 g/mol. The van der Waals surface area contributed by atoms with Crippen LogP contribution in [0.2, 0.25) is 0 Å². The molecule has 2 aromatic rings. The number of carbonyl (C=O) groups is 1. The summed E-state index contributed by atoms with van der Waals surface area (Å²) in [5.74, 6) is 0.355. The van der Waals surface area contributed by atoms with Crippen LogP contribution in [0, 0.1) is 0 Å². The van der Waals surface area contributed by atoms with E-state index in [1.807, 2.05) is 28.5 Å². The lowest BCUT2D eigenvalue weighted by atomic mass is 9.95. The molecule has 0 radical (unpaired) electrons. The van der Waals surface area contributed by atoms with Crippen LogP contribution in [0.4, 0.5) is 0 Å². The van der Waals surface area contributed by atoms with Gasteiger partial charge < -0.3 is 10.6 Å². The number of carbonyl (C=O) groups excluding carboxylic acids is 1. The average molecular weight is 315 g/mol. The Labute approximate surface area is 135 Å². The lowest BCUT2D eigenvalue weighted by Gasteiger charge is -2.16. The lowest BCUT2D eigenvalue weighted by Crippen LogP contribution is -2.33. The first-order chi connectivity index (χ1) is 10.7. The predicted octanol–water partition coefficient (Wildman–Crippen LogP) is 2.20. The number of amides is 1. The van der Waals surface area contributed by atoms with Crippen LogP contribution in [-0.2, 0) is 17.6 Å². The fourth-order valence-corrected chi connectivity index (χ4v) is 3.69. The van der Waals surface area contributed by atoms with E-state index in [2.05, 4.69) is 24.0 Å². The third-order valence-corrected chi connectivity index (χ3v) is 5.22. The van der Waals surface area contributed by atoms with Crippen LogP contribution >= 0.6 is 11.3 Å². The molecule has 1 aliphatic heterocycles. The summed E-state index contributed by atoms with van der Waals surface area (Å²) in [5.41, 5.74) is 8.34. The molecule has 5 heteroatoms. The highest BCUT2D eigenvalue weighted by Gasteiger charge is 2.33.